The first-order chi connectivity index (χ1) is 21.9. The third-order valence-electron chi connectivity index (χ3n) is 9.83. The van der Waals surface area contributed by atoms with Gasteiger partial charge in [0.2, 0.25) is 0 Å². The molecule has 218 valence electrons. The van der Waals surface area contributed by atoms with E-state index in [2.05, 4.69) is 183 Å². The molecule has 2 heteroatoms. The van der Waals surface area contributed by atoms with Crippen LogP contribution in [0.15, 0.2) is 146 Å². The van der Waals surface area contributed by atoms with Crippen LogP contribution >= 0.6 is 0 Å². The van der Waals surface area contributed by atoms with Gasteiger partial charge in [0.25, 0.3) is 0 Å². The highest BCUT2D eigenvalue weighted by Crippen LogP contribution is 2.50. The summed E-state index contributed by atoms with van der Waals surface area (Å²) in [6.45, 7) is 9.16. The van der Waals surface area contributed by atoms with Gasteiger partial charge < -0.3 is 9.47 Å². The van der Waals surface area contributed by atoms with E-state index in [0.717, 1.165) is 17.1 Å². The van der Waals surface area contributed by atoms with Crippen molar-refractivity contribution in [3.8, 4) is 27.9 Å². The van der Waals surface area contributed by atoms with Gasteiger partial charge in [0.1, 0.15) is 0 Å². The predicted molar refractivity (Wildman–Crippen MR) is 190 cm³/mol. The molecule has 0 amide bonds. The summed E-state index contributed by atoms with van der Waals surface area (Å²) in [6.07, 6.45) is 0. The minimum absolute atomic E-state index is 0.0784. The van der Waals surface area contributed by atoms with E-state index >= 15 is 0 Å². The fraction of sp³-hybridized carbons (Fsp3) is 0.116. The van der Waals surface area contributed by atoms with Crippen molar-refractivity contribution in [2.45, 2.75) is 33.1 Å². The third-order valence-corrected chi connectivity index (χ3v) is 9.83. The van der Waals surface area contributed by atoms with E-state index in [1.807, 2.05) is 0 Å². The number of fused-ring (bicyclic) bond motifs is 4. The Morgan fingerprint density at radius 3 is 1.84 bits per heavy atom. The number of benzene rings is 6. The number of aryl methyl sites for hydroxylation is 1. The molecular formula is C43H36N2. The van der Waals surface area contributed by atoms with Crippen LogP contribution in [0.4, 0.5) is 17.1 Å². The SMILES string of the molecule is Cc1c(C)n(-c2ccccc2)c2cc(N(c3ccc(-c4ccccc4)cc3)c3ccc4c(c3)C(C)(C)c3ccccc3-4)ccc12. The molecule has 0 spiro atoms. The standard InChI is InChI=1S/C43H36N2/c1-29-30(2)44(33-15-9-6-10-16-33)42-28-36(23-25-37(29)42)45(34-21-19-32(20-22-34)31-13-7-5-8-14-31)35-24-26-39-38-17-11-12-18-40(38)43(3,4)41(39)27-35/h5-28H,1-4H3. The molecule has 2 nitrogen and oxygen atoms in total. The zero-order valence-corrected chi connectivity index (χ0v) is 26.3. The summed E-state index contributed by atoms with van der Waals surface area (Å²) in [5.41, 5.74) is 16.2. The summed E-state index contributed by atoms with van der Waals surface area (Å²) in [5.74, 6) is 0. The molecule has 0 saturated carbocycles. The fourth-order valence-electron chi connectivity index (χ4n) is 7.33. The van der Waals surface area contributed by atoms with Gasteiger partial charge in [-0.1, -0.05) is 111 Å². The van der Waals surface area contributed by atoms with Crippen LogP contribution in [0.1, 0.15) is 36.2 Å². The zero-order chi connectivity index (χ0) is 30.7. The molecule has 8 rings (SSSR count). The number of para-hydroxylation sites is 1. The van der Waals surface area contributed by atoms with E-state index in [4.69, 9.17) is 0 Å². The van der Waals surface area contributed by atoms with Crippen molar-refractivity contribution in [2.75, 3.05) is 4.90 Å². The van der Waals surface area contributed by atoms with E-state index in [9.17, 15) is 0 Å². The van der Waals surface area contributed by atoms with Gasteiger partial charge in [0.15, 0.2) is 0 Å². The van der Waals surface area contributed by atoms with Gasteiger partial charge >= 0.3 is 0 Å². The topological polar surface area (TPSA) is 8.17 Å². The second-order valence-corrected chi connectivity index (χ2v) is 12.7. The Hall–Kier alpha value is -5.34. The molecule has 0 bridgehead atoms. The van der Waals surface area contributed by atoms with Crippen LogP contribution in [-0.4, -0.2) is 4.57 Å². The maximum atomic E-state index is 2.42. The molecule has 45 heavy (non-hydrogen) atoms. The first-order valence-corrected chi connectivity index (χ1v) is 15.8. The van der Waals surface area contributed by atoms with Crippen LogP contribution in [0.5, 0.6) is 0 Å². The van der Waals surface area contributed by atoms with Crippen LogP contribution in [0.25, 0.3) is 38.8 Å². The number of anilines is 3. The van der Waals surface area contributed by atoms with Crippen molar-refractivity contribution in [2.24, 2.45) is 0 Å². The Labute approximate surface area is 265 Å². The van der Waals surface area contributed by atoms with Crippen molar-refractivity contribution < 1.29 is 0 Å². The molecule has 0 unspecified atom stereocenters. The van der Waals surface area contributed by atoms with Crippen molar-refractivity contribution >= 4 is 28.0 Å². The highest BCUT2D eigenvalue weighted by Gasteiger charge is 2.35. The lowest BCUT2D eigenvalue weighted by molar-refractivity contribution is 0.660. The molecule has 1 aliphatic rings. The molecule has 7 aromatic rings. The van der Waals surface area contributed by atoms with E-state index in [-0.39, 0.29) is 5.41 Å². The maximum Gasteiger partial charge on any atom is 0.0554 e. The molecule has 0 radical (unpaired) electrons. The van der Waals surface area contributed by atoms with Gasteiger partial charge in [-0.25, -0.2) is 0 Å². The first kappa shape index (κ1) is 27.2. The summed E-state index contributed by atoms with van der Waals surface area (Å²) >= 11 is 0. The second-order valence-electron chi connectivity index (χ2n) is 12.7. The molecular weight excluding hydrogens is 544 g/mol. The zero-order valence-electron chi connectivity index (χ0n) is 26.3. The summed E-state index contributed by atoms with van der Waals surface area (Å²) in [4.78, 5) is 2.42. The average Bonchev–Trinajstić information content (AvgIpc) is 3.47. The monoisotopic (exact) mass is 580 g/mol. The van der Waals surface area contributed by atoms with Gasteiger partial charge in [-0.15, -0.1) is 0 Å². The lowest BCUT2D eigenvalue weighted by atomic mass is 9.82. The Kier molecular flexibility index (Phi) is 6.28. The maximum absolute atomic E-state index is 2.42. The minimum Gasteiger partial charge on any atom is -0.314 e. The van der Waals surface area contributed by atoms with Crippen molar-refractivity contribution in [1.29, 1.82) is 0 Å². The molecule has 0 N–H and O–H groups in total. The molecule has 6 aromatic carbocycles. The van der Waals surface area contributed by atoms with E-state index in [1.54, 1.807) is 0 Å². The molecule has 0 aliphatic heterocycles. The molecule has 0 saturated heterocycles. The highest BCUT2D eigenvalue weighted by atomic mass is 15.1. The van der Waals surface area contributed by atoms with Crippen LogP contribution in [0.2, 0.25) is 0 Å². The fourth-order valence-corrected chi connectivity index (χ4v) is 7.33. The van der Waals surface area contributed by atoms with Crippen molar-refractivity contribution in [3.05, 3.63) is 168 Å². The molecule has 1 heterocycles. The summed E-state index contributed by atoms with van der Waals surface area (Å²) in [5, 5.41) is 1.28. The number of hydrogen-bond donors (Lipinski definition) is 0. The number of hydrogen-bond acceptors (Lipinski definition) is 1. The largest absolute Gasteiger partial charge is 0.314 e. The Balaban J connectivity index is 1.33. The van der Waals surface area contributed by atoms with E-state index in [0.29, 0.717) is 0 Å². The number of nitrogens with zero attached hydrogens (tertiary/aromatic N) is 2. The lowest BCUT2D eigenvalue weighted by Crippen LogP contribution is -2.16. The number of rotatable bonds is 5. The summed E-state index contributed by atoms with van der Waals surface area (Å²) in [7, 11) is 0. The lowest BCUT2D eigenvalue weighted by Gasteiger charge is -2.28. The Morgan fingerprint density at radius 2 is 1.09 bits per heavy atom. The molecule has 0 atom stereocenters. The molecule has 1 aliphatic carbocycles. The van der Waals surface area contributed by atoms with Gasteiger partial charge in [0, 0.05) is 39.2 Å². The van der Waals surface area contributed by atoms with Gasteiger partial charge in [0.05, 0.1) is 5.52 Å². The quantitative estimate of drug-likeness (QED) is 0.197. The Morgan fingerprint density at radius 1 is 0.511 bits per heavy atom. The van der Waals surface area contributed by atoms with E-state index in [1.165, 1.54) is 61.2 Å². The first-order valence-electron chi connectivity index (χ1n) is 15.8. The van der Waals surface area contributed by atoms with E-state index < -0.39 is 0 Å². The van der Waals surface area contributed by atoms with Gasteiger partial charge in [-0.3, -0.25) is 0 Å². The average molecular weight is 581 g/mol. The van der Waals surface area contributed by atoms with Gasteiger partial charge in [-0.05, 0) is 101 Å². The summed E-state index contributed by atoms with van der Waals surface area (Å²) < 4.78 is 2.40. The second kappa shape index (κ2) is 10.4. The van der Waals surface area contributed by atoms with Crippen LogP contribution in [-0.2, 0) is 5.41 Å². The van der Waals surface area contributed by atoms with Crippen molar-refractivity contribution in [3.63, 3.8) is 0 Å². The highest BCUT2D eigenvalue weighted by molar-refractivity contribution is 5.93. The molecule has 0 fully saturated rings. The van der Waals surface area contributed by atoms with Crippen LogP contribution in [0.3, 0.4) is 0 Å². The van der Waals surface area contributed by atoms with Crippen LogP contribution < -0.4 is 4.90 Å². The third kappa shape index (κ3) is 4.32. The molecule has 1 aromatic heterocycles. The normalized spacial score (nSPS) is 13.1. The predicted octanol–water partition coefficient (Wildman–Crippen LogP) is 11.7. The van der Waals surface area contributed by atoms with Crippen molar-refractivity contribution in [1.82, 2.24) is 4.57 Å². The Bertz CT molecular complexity index is 2190. The summed E-state index contributed by atoms with van der Waals surface area (Å²) in [6, 6.07) is 53.1. The number of aromatic nitrogens is 1. The van der Waals surface area contributed by atoms with Gasteiger partial charge in [-0.2, -0.15) is 0 Å². The van der Waals surface area contributed by atoms with Crippen LogP contribution in [0, 0.1) is 13.8 Å². The minimum atomic E-state index is -0.0784. The smallest absolute Gasteiger partial charge is 0.0554 e.